The molecule has 10 heteroatoms. The van der Waals surface area contributed by atoms with Crippen LogP contribution in [0.5, 0.6) is 0 Å². The quantitative estimate of drug-likeness (QED) is 0.563. The number of carbonyl (C=O) groups excluding carboxylic acids is 2. The molecule has 2 heterocycles. The second-order valence-corrected chi connectivity index (χ2v) is 5.83. The van der Waals surface area contributed by atoms with Crippen LogP contribution in [0.2, 0.25) is 0 Å². The van der Waals surface area contributed by atoms with E-state index in [1.165, 1.54) is 42.5 Å². The number of ether oxygens (including phenoxy) is 1. The maximum atomic E-state index is 13.0. The first-order valence-corrected chi connectivity index (χ1v) is 8.18. The van der Waals surface area contributed by atoms with Gasteiger partial charge in [0, 0.05) is 12.6 Å². The Hall–Kier alpha value is -3.69. The summed E-state index contributed by atoms with van der Waals surface area (Å²) in [6, 6.07) is 8.56. The van der Waals surface area contributed by atoms with Gasteiger partial charge in [-0.25, -0.2) is 9.18 Å². The standard InChI is InChI=1S/C18H16FN3O6/c1-21(9-14-3-2-8-26-14)15(23)11-27-16(24)10-22-18(25)28-17(20-22)12-4-6-13(19)7-5-12/h2-8H,9-11H2,1H3. The lowest BCUT2D eigenvalue weighted by atomic mass is 10.2. The smallest absolute Gasteiger partial charge is 0.437 e. The summed E-state index contributed by atoms with van der Waals surface area (Å²) in [6.07, 6.45) is 1.49. The Bertz CT molecular complexity index is 1010. The Labute approximate surface area is 157 Å². The third-order valence-electron chi connectivity index (χ3n) is 3.73. The maximum Gasteiger partial charge on any atom is 0.437 e. The Morgan fingerprint density at radius 2 is 2.00 bits per heavy atom. The number of halogens is 1. The molecule has 1 aromatic carbocycles. The molecule has 0 unspecified atom stereocenters. The van der Waals surface area contributed by atoms with Gasteiger partial charge in [-0.1, -0.05) is 0 Å². The highest BCUT2D eigenvalue weighted by Crippen LogP contribution is 2.15. The normalized spacial score (nSPS) is 10.6. The van der Waals surface area contributed by atoms with Gasteiger partial charge in [0.1, 0.15) is 18.1 Å². The molecule has 1 amide bonds. The van der Waals surface area contributed by atoms with Gasteiger partial charge in [-0.3, -0.25) is 9.59 Å². The molecule has 0 aliphatic carbocycles. The van der Waals surface area contributed by atoms with Crippen molar-refractivity contribution in [3.05, 3.63) is 64.8 Å². The zero-order valence-corrected chi connectivity index (χ0v) is 14.8. The molecule has 9 nitrogen and oxygen atoms in total. The molecular weight excluding hydrogens is 373 g/mol. The van der Waals surface area contributed by atoms with Gasteiger partial charge >= 0.3 is 11.7 Å². The van der Waals surface area contributed by atoms with E-state index in [1.54, 1.807) is 12.1 Å². The molecule has 0 aliphatic heterocycles. The summed E-state index contributed by atoms with van der Waals surface area (Å²) in [6.45, 7) is -0.792. The predicted molar refractivity (Wildman–Crippen MR) is 92.3 cm³/mol. The van der Waals surface area contributed by atoms with Crippen molar-refractivity contribution in [1.82, 2.24) is 14.7 Å². The largest absolute Gasteiger partial charge is 0.467 e. The Morgan fingerprint density at radius 1 is 1.25 bits per heavy atom. The average Bonchev–Trinajstić information content (AvgIpc) is 3.30. The van der Waals surface area contributed by atoms with Gasteiger partial charge in [-0.15, -0.1) is 5.10 Å². The Balaban J connectivity index is 1.54. The molecule has 0 fully saturated rings. The van der Waals surface area contributed by atoms with Gasteiger partial charge in [0.25, 0.3) is 5.91 Å². The third-order valence-corrected chi connectivity index (χ3v) is 3.73. The second kappa shape index (κ2) is 8.33. The lowest BCUT2D eigenvalue weighted by Gasteiger charge is -2.15. The van der Waals surface area contributed by atoms with Crippen LogP contribution < -0.4 is 5.76 Å². The summed E-state index contributed by atoms with van der Waals surface area (Å²) in [5.41, 5.74) is 0.375. The highest BCUT2D eigenvalue weighted by atomic mass is 19.1. The molecule has 3 rings (SSSR count). The van der Waals surface area contributed by atoms with E-state index in [2.05, 4.69) is 5.10 Å². The Kier molecular flexibility index (Phi) is 5.68. The van der Waals surface area contributed by atoms with Crippen molar-refractivity contribution in [2.45, 2.75) is 13.1 Å². The molecule has 2 aromatic heterocycles. The van der Waals surface area contributed by atoms with Crippen molar-refractivity contribution in [3.8, 4) is 11.5 Å². The SMILES string of the molecule is CN(Cc1ccco1)C(=O)COC(=O)Cn1nc(-c2ccc(F)cc2)oc1=O. The number of rotatable bonds is 7. The highest BCUT2D eigenvalue weighted by molar-refractivity contribution is 5.80. The minimum absolute atomic E-state index is 0.0629. The molecule has 28 heavy (non-hydrogen) atoms. The summed E-state index contributed by atoms with van der Waals surface area (Å²) >= 11 is 0. The van der Waals surface area contributed by atoms with Gasteiger partial charge in [0.2, 0.25) is 5.89 Å². The number of esters is 1. The molecule has 0 saturated carbocycles. The number of hydrogen-bond acceptors (Lipinski definition) is 7. The number of hydrogen-bond donors (Lipinski definition) is 0. The summed E-state index contributed by atoms with van der Waals surface area (Å²) in [4.78, 5) is 37.0. The first kappa shape index (κ1) is 19.1. The van der Waals surface area contributed by atoms with Crippen LogP contribution in [0.3, 0.4) is 0 Å². The summed E-state index contributed by atoms with van der Waals surface area (Å²) in [7, 11) is 1.54. The minimum atomic E-state index is -0.877. The monoisotopic (exact) mass is 389 g/mol. The van der Waals surface area contributed by atoms with Crippen molar-refractivity contribution in [2.75, 3.05) is 13.7 Å². The van der Waals surface area contributed by atoms with Gasteiger partial charge in [0.05, 0.1) is 12.8 Å². The highest BCUT2D eigenvalue weighted by Gasteiger charge is 2.17. The molecule has 0 spiro atoms. The fraction of sp³-hybridized carbons (Fsp3) is 0.222. The van der Waals surface area contributed by atoms with Crippen LogP contribution in [0.1, 0.15) is 5.76 Å². The van der Waals surface area contributed by atoms with Gasteiger partial charge in [-0.05, 0) is 36.4 Å². The summed E-state index contributed by atoms with van der Waals surface area (Å²) < 4.78 is 28.7. The average molecular weight is 389 g/mol. The number of furan rings is 1. The molecule has 0 bridgehead atoms. The number of benzene rings is 1. The van der Waals surface area contributed by atoms with Crippen LogP contribution in [0.15, 0.2) is 56.3 Å². The zero-order valence-electron chi connectivity index (χ0n) is 14.8. The number of carbonyl (C=O) groups is 2. The van der Waals surface area contributed by atoms with Crippen LogP contribution >= 0.6 is 0 Å². The lowest BCUT2D eigenvalue weighted by Crippen LogP contribution is -2.32. The van der Waals surface area contributed by atoms with E-state index in [0.717, 1.165) is 4.68 Å². The molecule has 0 radical (unpaired) electrons. The summed E-state index contributed by atoms with van der Waals surface area (Å²) in [5.74, 6) is -2.07. The molecule has 0 aliphatic rings. The van der Waals surface area contributed by atoms with E-state index in [-0.39, 0.29) is 12.4 Å². The molecule has 0 N–H and O–H groups in total. The zero-order chi connectivity index (χ0) is 20.1. The van der Waals surface area contributed by atoms with Crippen LogP contribution in [0.25, 0.3) is 11.5 Å². The molecule has 146 valence electrons. The van der Waals surface area contributed by atoms with Crippen molar-refractivity contribution >= 4 is 11.9 Å². The number of nitrogens with zero attached hydrogens (tertiary/aromatic N) is 3. The first-order chi connectivity index (χ1) is 13.4. The van der Waals surface area contributed by atoms with Gasteiger partial charge in [0.15, 0.2) is 6.61 Å². The number of likely N-dealkylation sites (N-methyl/N-ethyl adjacent to an activating group) is 1. The van der Waals surface area contributed by atoms with Crippen molar-refractivity contribution in [1.29, 1.82) is 0 Å². The van der Waals surface area contributed by atoms with Crippen molar-refractivity contribution in [3.63, 3.8) is 0 Å². The van der Waals surface area contributed by atoms with E-state index in [9.17, 15) is 18.8 Å². The van der Waals surface area contributed by atoms with Gasteiger partial charge < -0.3 is 18.5 Å². The van der Waals surface area contributed by atoms with E-state index in [0.29, 0.717) is 11.3 Å². The Morgan fingerprint density at radius 3 is 2.68 bits per heavy atom. The number of aromatic nitrogens is 2. The van der Waals surface area contributed by atoms with E-state index < -0.39 is 36.6 Å². The van der Waals surface area contributed by atoms with Crippen LogP contribution in [0.4, 0.5) is 4.39 Å². The maximum absolute atomic E-state index is 13.0. The van der Waals surface area contributed by atoms with Crippen LogP contribution in [0, 0.1) is 5.82 Å². The van der Waals surface area contributed by atoms with E-state index in [1.807, 2.05) is 0 Å². The van der Waals surface area contributed by atoms with E-state index >= 15 is 0 Å². The fourth-order valence-electron chi connectivity index (χ4n) is 2.26. The minimum Gasteiger partial charge on any atom is -0.467 e. The summed E-state index contributed by atoms with van der Waals surface area (Å²) in [5, 5.41) is 3.87. The topological polar surface area (TPSA) is 108 Å². The number of amides is 1. The molecular formula is C18H16FN3O6. The van der Waals surface area contributed by atoms with Crippen LogP contribution in [-0.4, -0.2) is 40.2 Å². The van der Waals surface area contributed by atoms with Crippen molar-refractivity contribution in [2.24, 2.45) is 0 Å². The second-order valence-electron chi connectivity index (χ2n) is 5.83. The molecule has 0 atom stereocenters. The van der Waals surface area contributed by atoms with Crippen LogP contribution in [-0.2, 0) is 27.4 Å². The molecule has 0 saturated heterocycles. The fourth-order valence-corrected chi connectivity index (χ4v) is 2.26. The van der Waals surface area contributed by atoms with Gasteiger partial charge in [-0.2, -0.15) is 4.68 Å². The first-order valence-electron chi connectivity index (χ1n) is 8.18. The molecule has 3 aromatic rings. The van der Waals surface area contributed by atoms with E-state index in [4.69, 9.17) is 13.6 Å². The third kappa shape index (κ3) is 4.72. The van der Waals surface area contributed by atoms with Crippen molar-refractivity contribution < 1.29 is 27.6 Å². The predicted octanol–water partition coefficient (Wildman–Crippen LogP) is 1.44. The lowest BCUT2D eigenvalue weighted by molar-refractivity contribution is -0.152.